The van der Waals surface area contributed by atoms with E-state index in [1.54, 1.807) is 66.5 Å². The van der Waals surface area contributed by atoms with Crippen molar-refractivity contribution in [3.05, 3.63) is 58.6 Å². The Morgan fingerprint density at radius 3 is 2.00 bits per heavy atom. The van der Waals surface area contributed by atoms with Crippen molar-refractivity contribution in [2.24, 2.45) is 0 Å². The van der Waals surface area contributed by atoms with Crippen molar-refractivity contribution in [3.8, 4) is 11.5 Å². The van der Waals surface area contributed by atoms with E-state index < -0.39 is 0 Å². The van der Waals surface area contributed by atoms with E-state index in [4.69, 9.17) is 21.1 Å². The Labute approximate surface area is 169 Å². The SMILES string of the molecule is COc1cc(OC)cc(C(=O)N2CCCN(C(=O)c3ccccc3Cl)CC2)c1. The maximum atomic E-state index is 13.0. The lowest BCUT2D eigenvalue weighted by Crippen LogP contribution is -2.37. The van der Waals surface area contributed by atoms with Crippen LogP contribution in [0, 0.1) is 0 Å². The minimum Gasteiger partial charge on any atom is -0.497 e. The first-order valence-corrected chi connectivity index (χ1v) is 9.47. The number of methoxy groups -OCH3 is 2. The van der Waals surface area contributed by atoms with Gasteiger partial charge in [0.1, 0.15) is 11.5 Å². The first kappa shape index (κ1) is 20.0. The van der Waals surface area contributed by atoms with E-state index in [-0.39, 0.29) is 11.8 Å². The molecule has 0 unspecified atom stereocenters. The van der Waals surface area contributed by atoms with Gasteiger partial charge in [-0.3, -0.25) is 9.59 Å². The fourth-order valence-corrected chi connectivity index (χ4v) is 3.46. The van der Waals surface area contributed by atoms with Gasteiger partial charge in [0.15, 0.2) is 0 Å². The summed E-state index contributed by atoms with van der Waals surface area (Å²) in [5.41, 5.74) is 0.989. The molecule has 0 N–H and O–H groups in total. The van der Waals surface area contributed by atoms with Crippen LogP contribution in [0.1, 0.15) is 27.1 Å². The molecule has 0 aliphatic carbocycles. The number of benzene rings is 2. The van der Waals surface area contributed by atoms with Crippen LogP contribution in [0.5, 0.6) is 11.5 Å². The van der Waals surface area contributed by atoms with E-state index >= 15 is 0 Å². The van der Waals surface area contributed by atoms with Crippen LogP contribution in [-0.4, -0.2) is 62.0 Å². The third kappa shape index (κ3) is 4.39. The first-order valence-electron chi connectivity index (χ1n) is 9.09. The number of nitrogens with zero attached hydrogens (tertiary/aromatic N) is 2. The van der Waals surface area contributed by atoms with Crippen LogP contribution in [0.25, 0.3) is 0 Å². The highest BCUT2D eigenvalue weighted by molar-refractivity contribution is 6.33. The van der Waals surface area contributed by atoms with Gasteiger partial charge in [-0.25, -0.2) is 0 Å². The average Bonchev–Trinajstić information content (AvgIpc) is 2.99. The van der Waals surface area contributed by atoms with Gasteiger partial charge < -0.3 is 19.3 Å². The summed E-state index contributed by atoms with van der Waals surface area (Å²) in [6.45, 7) is 2.06. The minimum atomic E-state index is -0.108. The van der Waals surface area contributed by atoms with E-state index in [1.807, 2.05) is 0 Å². The fraction of sp³-hybridized carbons (Fsp3) is 0.333. The zero-order valence-corrected chi connectivity index (χ0v) is 16.7. The van der Waals surface area contributed by atoms with Gasteiger partial charge in [0, 0.05) is 37.8 Å². The van der Waals surface area contributed by atoms with Gasteiger partial charge in [-0.15, -0.1) is 0 Å². The van der Waals surface area contributed by atoms with Crippen LogP contribution >= 0.6 is 11.6 Å². The lowest BCUT2D eigenvalue weighted by Gasteiger charge is -2.23. The maximum Gasteiger partial charge on any atom is 0.255 e. The van der Waals surface area contributed by atoms with E-state index in [1.165, 1.54) is 0 Å². The van der Waals surface area contributed by atoms with Gasteiger partial charge >= 0.3 is 0 Å². The van der Waals surface area contributed by atoms with Crippen LogP contribution in [0.3, 0.4) is 0 Å². The summed E-state index contributed by atoms with van der Waals surface area (Å²) in [5, 5.41) is 0.438. The van der Waals surface area contributed by atoms with Gasteiger partial charge in [0.2, 0.25) is 0 Å². The number of ether oxygens (including phenoxy) is 2. The summed E-state index contributed by atoms with van der Waals surface area (Å²) in [6.07, 6.45) is 0.697. The van der Waals surface area contributed by atoms with Gasteiger partial charge in [0.05, 0.1) is 24.8 Å². The van der Waals surface area contributed by atoms with Crippen molar-refractivity contribution in [3.63, 3.8) is 0 Å². The third-order valence-corrected chi connectivity index (χ3v) is 5.10. The second-order valence-electron chi connectivity index (χ2n) is 6.52. The lowest BCUT2D eigenvalue weighted by atomic mass is 10.1. The van der Waals surface area contributed by atoms with E-state index in [0.717, 1.165) is 0 Å². The second-order valence-corrected chi connectivity index (χ2v) is 6.93. The number of halogens is 1. The Morgan fingerprint density at radius 2 is 1.43 bits per heavy atom. The molecule has 1 heterocycles. The van der Waals surface area contributed by atoms with Crippen LogP contribution in [-0.2, 0) is 0 Å². The average molecular weight is 403 g/mol. The number of hydrogen-bond acceptors (Lipinski definition) is 4. The molecular formula is C21H23ClN2O4. The van der Waals surface area contributed by atoms with E-state index in [0.29, 0.717) is 60.2 Å². The Kier molecular flexibility index (Phi) is 6.41. The Balaban J connectivity index is 1.72. The van der Waals surface area contributed by atoms with Gasteiger partial charge in [-0.2, -0.15) is 0 Å². The van der Waals surface area contributed by atoms with Crippen molar-refractivity contribution in [2.75, 3.05) is 40.4 Å². The molecule has 148 valence electrons. The molecule has 0 atom stereocenters. The highest BCUT2D eigenvalue weighted by Crippen LogP contribution is 2.24. The third-order valence-electron chi connectivity index (χ3n) is 4.77. The summed E-state index contributed by atoms with van der Waals surface area (Å²) in [7, 11) is 3.10. The molecule has 0 aromatic heterocycles. The fourth-order valence-electron chi connectivity index (χ4n) is 3.24. The highest BCUT2D eigenvalue weighted by Gasteiger charge is 2.25. The summed E-state index contributed by atoms with van der Waals surface area (Å²) < 4.78 is 10.5. The van der Waals surface area contributed by atoms with Crippen molar-refractivity contribution in [2.45, 2.75) is 6.42 Å². The molecule has 0 spiro atoms. The topological polar surface area (TPSA) is 59.1 Å². The van der Waals surface area contributed by atoms with Crippen molar-refractivity contribution in [1.29, 1.82) is 0 Å². The number of amides is 2. The smallest absolute Gasteiger partial charge is 0.255 e. The molecule has 2 aromatic carbocycles. The van der Waals surface area contributed by atoms with Crippen LogP contribution < -0.4 is 9.47 Å². The number of rotatable bonds is 4. The predicted molar refractivity (Wildman–Crippen MR) is 107 cm³/mol. The molecule has 2 amide bonds. The molecule has 28 heavy (non-hydrogen) atoms. The first-order chi connectivity index (χ1) is 13.5. The largest absolute Gasteiger partial charge is 0.497 e. The lowest BCUT2D eigenvalue weighted by molar-refractivity contribution is 0.0718. The second kappa shape index (κ2) is 8.97. The van der Waals surface area contributed by atoms with Crippen LogP contribution in [0.4, 0.5) is 0 Å². The molecular weight excluding hydrogens is 380 g/mol. The number of carbonyl (C=O) groups is 2. The molecule has 6 nitrogen and oxygen atoms in total. The minimum absolute atomic E-state index is 0.107. The summed E-state index contributed by atoms with van der Waals surface area (Å²) in [5.74, 6) is 0.910. The van der Waals surface area contributed by atoms with Crippen molar-refractivity contribution >= 4 is 23.4 Å². The highest BCUT2D eigenvalue weighted by atomic mass is 35.5. The van der Waals surface area contributed by atoms with Gasteiger partial charge in [-0.05, 0) is 30.7 Å². The molecule has 1 aliphatic heterocycles. The molecule has 0 radical (unpaired) electrons. The van der Waals surface area contributed by atoms with Crippen LogP contribution in [0.15, 0.2) is 42.5 Å². The summed E-state index contributed by atoms with van der Waals surface area (Å²) in [6, 6.07) is 12.1. The standard InChI is InChI=1S/C21H23ClN2O4/c1-27-16-12-15(13-17(14-16)28-2)20(25)23-8-5-9-24(11-10-23)21(26)18-6-3-4-7-19(18)22/h3-4,6-7,12-14H,5,8-11H2,1-2H3. The normalized spacial score (nSPS) is 14.4. The zero-order valence-electron chi connectivity index (χ0n) is 16.0. The quantitative estimate of drug-likeness (QED) is 0.787. The Bertz CT molecular complexity index is 849. The van der Waals surface area contributed by atoms with E-state index in [9.17, 15) is 9.59 Å². The van der Waals surface area contributed by atoms with Crippen LogP contribution in [0.2, 0.25) is 5.02 Å². The molecule has 3 rings (SSSR count). The zero-order chi connectivity index (χ0) is 20.1. The Hall–Kier alpha value is -2.73. The van der Waals surface area contributed by atoms with Crippen molar-refractivity contribution < 1.29 is 19.1 Å². The predicted octanol–water partition coefficient (Wildman–Crippen LogP) is 3.35. The van der Waals surface area contributed by atoms with Gasteiger partial charge in [-0.1, -0.05) is 23.7 Å². The summed E-state index contributed by atoms with van der Waals surface area (Å²) in [4.78, 5) is 29.3. The molecule has 0 saturated carbocycles. The number of carbonyl (C=O) groups excluding carboxylic acids is 2. The van der Waals surface area contributed by atoms with Gasteiger partial charge in [0.25, 0.3) is 11.8 Å². The molecule has 1 fully saturated rings. The molecule has 1 saturated heterocycles. The Morgan fingerprint density at radius 1 is 0.857 bits per heavy atom. The molecule has 2 aromatic rings. The monoisotopic (exact) mass is 402 g/mol. The molecule has 7 heteroatoms. The van der Waals surface area contributed by atoms with Crippen molar-refractivity contribution in [1.82, 2.24) is 9.80 Å². The molecule has 0 bridgehead atoms. The van der Waals surface area contributed by atoms with E-state index in [2.05, 4.69) is 0 Å². The maximum absolute atomic E-state index is 13.0. The number of hydrogen-bond donors (Lipinski definition) is 0. The summed E-state index contributed by atoms with van der Waals surface area (Å²) >= 11 is 6.16. The molecule has 1 aliphatic rings.